The predicted molar refractivity (Wildman–Crippen MR) is 118 cm³/mol. The Labute approximate surface area is 175 Å². The predicted octanol–water partition coefficient (Wildman–Crippen LogP) is 5.32. The van der Waals surface area contributed by atoms with Crippen LogP contribution in [0.15, 0.2) is 48.5 Å². The van der Waals surface area contributed by atoms with Crippen molar-refractivity contribution in [2.45, 2.75) is 40.2 Å². The fourth-order valence-corrected chi connectivity index (χ4v) is 4.04. The zero-order valence-corrected chi connectivity index (χ0v) is 17.6. The lowest BCUT2D eigenvalue weighted by Crippen LogP contribution is -2.25. The highest BCUT2D eigenvalue weighted by molar-refractivity contribution is 6.12. The van der Waals surface area contributed by atoms with E-state index in [2.05, 4.69) is 9.97 Å². The molecule has 5 nitrogen and oxygen atoms in total. The second kappa shape index (κ2) is 7.75. The van der Waals surface area contributed by atoms with Gasteiger partial charge in [-0.05, 0) is 44.9 Å². The average molecular weight is 400 g/mol. The van der Waals surface area contributed by atoms with Crippen molar-refractivity contribution in [2.75, 3.05) is 0 Å². The van der Waals surface area contributed by atoms with Gasteiger partial charge in [-0.25, -0.2) is 4.79 Å². The number of nitrogens with zero attached hydrogens (tertiary/aromatic N) is 1. The standard InChI is InChI=1S/C25H24N2O3/c1-5-19-14(2)22(17-10-6-9-13-21(17)27-19)25(29)30-16(4)24(28)23-15(3)26-20-12-8-7-11-18(20)23/h6-13,16,26H,5H2,1-4H3/t16-/m1/s1. The number of benzene rings is 2. The van der Waals surface area contributed by atoms with Gasteiger partial charge in [-0.1, -0.05) is 43.3 Å². The maximum absolute atomic E-state index is 13.2. The van der Waals surface area contributed by atoms with Gasteiger partial charge in [0, 0.05) is 33.2 Å². The van der Waals surface area contributed by atoms with Crippen molar-refractivity contribution in [3.05, 3.63) is 76.6 Å². The maximum atomic E-state index is 13.2. The number of hydrogen-bond donors (Lipinski definition) is 1. The average Bonchev–Trinajstić information content (AvgIpc) is 3.08. The SMILES string of the molecule is CCc1nc2ccccc2c(C(=O)O[C@H](C)C(=O)c2c(C)[nH]c3ccccc23)c1C. The lowest BCUT2D eigenvalue weighted by molar-refractivity contribution is 0.0320. The number of aryl methyl sites for hydroxylation is 2. The summed E-state index contributed by atoms with van der Waals surface area (Å²) in [6, 6.07) is 15.1. The van der Waals surface area contributed by atoms with Gasteiger partial charge < -0.3 is 9.72 Å². The van der Waals surface area contributed by atoms with Gasteiger partial charge in [-0.3, -0.25) is 9.78 Å². The second-order valence-electron chi connectivity index (χ2n) is 7.51. The van der Waals surface area contributed by atoms with Crippen LogP contribution < -0.4 is 0 Å². The molecule has 0 spiro atoms. The van der Waals surface area contributed by atoms with E-state index in [4.69, 9.17) is 4.74 Å². The van der Waals surface area contributed by atoms with Crippen LogP contribution in [0.5, 0.6) is 0 Å². The largest absolute Gasteiger partial charge is 0.451 e. The molecule has 0 aliphatic heterocycles. The zero-order chi connectivity index (χ0) is 21.4. The molecule has 2 aromatic carbocycles. The molecule has 0 unspecified atom stereocenters. The van der Waals surface area contributed by atoms with E-state index in [1.807, 2.05) is 69.3 Å². The summed E-state index contributed by atoms with van der Waals surface area (Å²) in [6.07, 6.45) is -0.202. The van der Waals surface area contributed by atoms with Crippen molar-refractivity contribution >= 4 is 33.6 Å². The normalized spacial score (nSPS) is 12.3. The molecule has 152 valence electrons. The zero-order valence-electron chi connectivity index (χ0n) is 17.6. The molecule has 0 amide bonds. The van der Waals surface area contributed by atoms with Crippen LogP contribution in [0.4, 0.5) is 0 Å². The second-order valence-corrected chi connectivity index (χ2v) is 7.51. The molecule has 5 heteroatoms. The molecule has 0 aliphatic rings. The van der Waals surface area contributed by atoms with E-state index in [0.717, 1.165) is 38.8 Å². The van der Waals surface area contributed by atoms with E-state index in [-0.39, 0.29) is 5.78 Å². The maximum Gasteiger partial charge on any atom is 0.339 e. The number of para-hydroxylation sites is 2. The summed E-state index contributed by atoms with van der Waals surface area (Å²) in [4.78, 5) is 34.2. The van der Waals surface area contributed by atoms with E-state index in [9.17, 15) is 9.59 Å². The van der Waals surface area contributed by atoms with Gasteiger partial charge in [0.2, 0.25) is 5.78 Å². The number of hydrogen-bond acceptors (Lipinski definition) is 4. The molecule has 2 heterocycles. The van der Waals surface area contributed by atoms with E-state index >= 15 is 0 Å². The lowest BCUT2D eigenvalue weighted by atomic mass is 10.00. The minimum absolute atomic E-state index is 0.218. The van der Waals surface area contributed by atoms with Gasteiger partial charge in [0.25, 0.3) is 0 Å². The molecule has 0 radical (unpaired) electrons. The van der Waals surface area contributed by atoms with Crippen molar-refractivity contribution in [3.63, 3.8) is 0 Å². The van der Waals surface area contributed by atoms with Gasteiger partial charge in [-0.2, -0.15) is 0 Å². The number of esters is 1. The van der Waals surface area contributed by atoms with Gasteiger partial charge in [0.05, 0.1) is 11.1 Å². The van der Waals surface area contributed by atoms with Crippen LogP contribution >= 0.6 is 0 Å². The number of Topliss-reactive ketones (excluding diaryl/α,β-unsaturated/α-hetero) is 1. The minimum Gasteiger partial charge on any atom is -0.451 e. The van der Waals surface area contributed by atoms with E-state index in [1.165, 1.54) is 0 Å². The van der Waals surface area contributed by atoms with Gasteiger partial charge >= 0.3 is 5.97 Å². The van der Waals surface area contributed by atoms with Crippen LogP contribution in [0.3, 0.4) is 0 Å². The molecule has 4 rings (SSSR count). The monoisotopic (exact) mass is 400 g/mol. The molecule has 0 fully saturated rings. The number of fused-ring (bicyclic) bond motifs is 2. The Kier molecular flexibility index (Phi) is 5.12. The third-order valence-electron chi connectivity index (χ3n) is 5.57. The molecule has 4 aromatic rings. The summed E-state index contributed by atoms with van der Waals surface area (Å²) in [5.74, 6) is -0.718. The number of carbonyl (C=O) groups excluding carboxylic acids is 2. The first-order chi connectivity index (χ1) is 14.4. The number of pyridine rings is 1. The highest BCUT2D eigenvalue weighted by Gasteiger charge is 2.27. The van der Waals surface area contributed by atoms with Crippen LogP contribution in [-0.4, -0.2) is 27.8 Å². The molecule has 30 heavy (non-hydrogen) atoms. The third-order valence-corrected chi connectivity index (χ3v) is 5.57. The van der Waals surface area contributed by atoms with Crippen molar-refractivity contribution in [2.24, 2.45) is 0 Å². The number of nitrogens with one attached hydrogen (secondary N) is 1. The fourth-order valence-electron chi connectivity index (χ4n) is 4.04. The van der Waals surface area contributed by atoms with Crippen LogP contribution in [0, 0.1) is 13.8 Å². The molecule has 0 saturated heterocycles. The van der Waals surface area contributed by atoms with E-state index < -0.39 is 12.1 Å². The van der Waals surface area contributed by atoms with Crippen LogP contribution in [0.2, 0.25) is 0 Å². The Morgan fingerprint density at radius 3 is 2.40 bits per heavy atom. The highest BCUT2D eigenvalue weighted by atomic mass is 16.5. The Morgan fingerprint density at radius 2 is 1.67 bits per heavy atom. The Morgan fingerprint density at radius 1 is 1.00 bits per heavy atom. The molecule has 2 aromatic heterocycles. The van der Waals surface area contributed by atoms with Crippen molar-refractivity contribution < 1.29 is 14.3 Å². The number of ether oxygens (including phenoxy) is 1. The smallest absolute Gasteiger partial charge is 0.339 e. The molecule has 0 bridgehead atoms. The summed E-state index contributed by atoms with van der Waals surface area (Å²) < 4.78 is 5.68. The van der Waals surface area contributed by atoms with Crippen molar-refractivity contribution in [3.8, 4) is 0 Å². The minimum atomic E-state index is -0.910. The van der Waals surface area contributed by atoms with Gasteiger partial charge in [0.15, 0.2) is 6.10 Å². The summed E-state index contributed by atoms with van der Waals surface area (Å²) in [5.41, 5.74) is 5.10. The number of aromatic nitrogens is 2. The summed E-state index contributed by atoms with van der Waals surface area (Å²) >= 11 is 0. The Balaban J connectivity index is 1.70. The van der Waals surface area contributed by atoms with Crippen molar-refractivity contribution in [1.29, 1.82) is 0 Å². The van der Waals surface area contributed by atoms with Crippen molar-refractivity contribution in [1.82, 2.24) is 9.97 Å². The van der Waals surface area contributed by atoms with Crippen LogP contribution in [0.25, 0.3) is 21.8 Å². The first-order valence-electron chi connectivity index (χ1n) is 10.1. The number of ketones is 1. The summed E-state index contributed by atoms with van der Waals surface area (Å²) in [7, 11) is 0. The number of rotatable bonds is 5. The highest BCUT2D eigenvalue weighted by Crippen LogP contribution is 2.27. The lowest BCUT2D eigenvalue weighted by Gasteiger charge is -2.16. The molecule has 0 aliphatic carbocycles. The first-order valence-corrected chi connectivity index (χ1v) is 10.1. The topological polar surface area (TPSA) is 72.0 Å². The Bertz CT molecular complexity index is 1290. The van der Waals surface area contributed by atoms with Gasteiger partial charge in [0.1, 0.15) is 0 Å². The summed E-state index contributed by atoms with van der Waals surface area (Å²) in [5, 5.41) is 1.57. The molecule has 1 N–H and O–H groups in total. The first kappa shape index (κ1) is 19.8. The van der Waals surface area contributed by atoms with Crippen LogP contribution in [-0.2, 0) is 11.2 Å². The quantitative estimate of drug-likeness (QED) is 0.363. The number of aromatic amines is 1. The third kappa shape index (κ3) is 3.26. The van der Waals surface area contributed by atoms with E-state index in [0.29, 0.717) is 17.5 Å². The van der Waals surface area contributed by atoms with E-state index in [1.54, 1.807) is 6.92 Å². The fraction of sp³-hybridized carbons (Fsp3) is 0.240. The van der Waals surface area contributed by atoms with Crippen LogP contribution in [0.1, 0.15) is 51.5 Å². The number of H-pyrrole nitrogens is 1. The molecule has 1 atom stereocenters. The molecular weight excluding hydrogens is 376 g/mol. The summed E-state index contributed by atoms with van der Waals surface area (Å²) in [6.45, 7) is 7.37. The molecule has 0 saturated carbocycles. The van der Waals surface area contributed by atoms with Gasteiger partial charge in [-0.15, -0.1) is 0 Å². The number of carbonyl (C=O) groups is 2. The molecular formula is C25H24N2O3. The Hall–Kier alpha value is -3.47.